The van der Waals surface area contributed by atoms with E-state index in [1.54, 1.807) is 39.8 Å². The summed E-state index contributed by atoms with van der Waals surface area (Å²) in [6.45, 7) is 10.3. The molecule has 2 aromatic carbocycles. The van der Waals surface area contributed by atoms with Crippen molar-refractivity contribution >= 4 is 41.9 Å². The first kappa shape index (κ1) is 48.0. The van der Waals surface area contributed by atoms with Gasteiger partial charge in [-0.15, -0.1) is 0 Å². The number of carboxylic acid groups (broad SMARTS) is 1. The van der Waals surface area contributed by atoms with Crippen molar-refractivity contribution in [2.24, 2.45) is 5.41 Å². The third-order valence-corrected chi connectivity index (χ3v) is 7.45. The molecule has 0 atom stereocenters. The number of ketones is 1. The summed E-state index contributed by atoms with van der Waals surface area (Å²) < 4.78 is 10.6. The van der Waals surface area contributed by atoms with Crippen LogP contribution in [0.3, 0.4) is 0 Å². The zero-order valence-corrected chi connectivity index (χ0v) is 31.2. The molecule has 0 unspecified atom stereocenters. The molecule has 2 rings (SSSR count). The number of nitrogens with one attached hydrogen (secondary N) is 2. The van der Waals surface area contributed by atoms with Crippen LogP contribution in [0, 0.1) is 5.41 Å². The van der Waals surface area contributed by atoms with E-state index in [-0.39, 0.29) is 18.2 Å². The number of unbranched alkanes of at least 4 members (excludes halogenated alkanes) is 5. The van der Waals surface area contributed by atoms with Crippen molar-refractivity contribution in [2.75, 3.05) is 45.1 Å². The number of aryl methyl sites for hydroxylation is 1. The average molecular weight is 679 g/mol. The topological polar surface area (TPSA) is 131 Å². The van der Waals surface area contributed by atoms with Crippen LogP contribution >= 0.6 is 11.8 Å². The third-order valence-electron chi connectivity index (χ3n) is 6.84. The Morgan fingerprint density at radius 3 is 1.91 bits per heavy atom. The number of para-hydroxylation sites is 1. The van der Waals surface area contributed by atoms with E-state index in [4.69, 9.17) is 19.4 Å². The van der Waals surface area contributed by atoms with Crippen molar-refractivity contribution in [3.63, 3.8) is 0 Å². The molecule has 0 fully saturated rings. The summed E-state index contributed by atoms with van der Waals surface area (Å²) >= 11 is 1.68. The van der Waals surface area contributed by atoms with Crippen LogP contribution in [-0.2, 0) is 25.6 Å². The fraction of sp³-hybridized carbons (Fsp3) is 0.568. The van der Waals surface area contributed by atoms with E-state index in [2.05, 4.69) is 22.8 Å². The van der Waals surface area contributed by atoms with Gasteiger partial charge in [0, 0.05) is 23.3 Å². The van der Waals surface area contributed by atoms with Gasteiger partial charge in [0.25, 0.3) is 6.47 Å². The first-order chi connectivity index (χ1) is 22.6. The number of amides is 1. The Morgan fingerprint density at radius 2 is 1.45 bits per heavy atom. The predicted molar refractivity (Wildman–Crippen MR) is 198 cm³/mol. The molecule has 0 radical (unpaired) electrons. The molecular weight excluding hydrogens is 616 g/mol. The molecule has 0 saturated heterocycles. The number of carbonyl (C=O) groups excluding carboxylic acids is 3. The van der Waals surface area contributed by atoms with Crippen LogP contribution in [0.4, 0.5) is 5.69 Å². The summed E-state index contributed by atoms with van der Waals surface area (Å²) in [4.78, 5) is 40.3. The molecule has 0 aliphatic carbocycles. The zero-order valence-electron chi connectivity index (χ0n) is 30.4. The van der Waals surface area contributed by atoms with Gasteiger partial charge >= 0.3 is 0 Å². The molecule has 0 saturated carbocycles. The quantitative estimate of drug-likeness (QED) is 0.0813. The summed E-state index contributed by atoms with van der Waals surface area (Å²) in [5.74, 6) is 2.28. The summed E-state index contributed by atoms with van der Waals surface area (Å²) in [6, 6.07) is 15.7. The molecule has 1 amide bonds. The molecule has 0 aliphatic rings. The Hall–Kier alpha value is -3.37. The van der Waals surface area contributed by atoms with Crippen LogP contribution in [0.5, 0.6) is 11.5 Å². The lowest BCUT2D eigenvalue weighted by atomic mass is 9.86. The summed E-state index contributed by atoms with van der Waals surface area (Å²) in [6.07, 6.45) is 12.7. The second-order valence-electron chi connectivity index (χ2n) is 10.6. The van der Waals surface area contributed by atoms with Gasteiger partial charge in [-0.3, -0.25) is 19.2 Å². The average Bonchev–Trinajstić information content (AvgIpc) is 3.10. The first-order valence-corrected chi connectivity index (χ1v) is 17.8. The highest BCUT2D eigenvalue weighted by atomic mass is 32.2. The molecule has 0 bridgehead atoms. The molecule has 47 heavy (non-hydrogen) atoms. The van der Waals surface area contributed by atoms with Gasteiger partial charge in [0.2, 0.25) is 11.7 Å². The lowest BCUT2D eigenvalue weighted by molar-refractivity contribution is -0.135. The van der Waals surface area contributed by atoms with Crippen LogP contribution in [0.25, 0.3) is 0 Å². The van der Waals surface area contributed by atoms with Crippen molar-refractivity contribution < 1.29 is 33.8 Å². The highest BCUT2D eigenvalue weighted by Gasteiger charge is 2.23. The number of benzene rings is 2. The number of Topliss-reactive ketones (excluding diaryl/α,β-unsaturated/α-hetero) is 1. The largest absolute Gasteiger partial charge is 0.493 e. The fourth-order valence-electron chi connectivity index (χ4n) is 3.65. The summed E-state index contributed by atoms with van der Waals surface area (Å²) in [7, 11) is 5.38. The van der Waals surface area contributed by atoms with Crippen LogP contribution in [-0.4, -0.2) is 69.4 Å². The summed E-state index contributed by atoms with van der Waals surface area (Å²) in [5, 5.41) is 12.9. The van der Waals surface area contributed by atoms with Crippen molar-refractivity contribution in [3.8, 4) is 11.5 Å². The van der Waals surface area contributed by atoms with E-state index in [9.17, 15) is 14.4 Å². The van der Waals surface area contributed by atoms with Gasteiger partial charge < -0.3 is 25.2 Å². The van der Waals surface area contributed by atoms with E-state index in [1.807, 2.05) is 70.5 Å². The van der Waals surface area contributed by atoms with Crippen molar-refractivity contribution in [1.29, 1.82) is 0 Å². The number of aldehydes is 1. The Bertz CT molecular complexity index is 1050. The predicted octanol–water partition coefficient (Wildman–Crippen LogP) is 8.10. The minimum Gasteiger partial charge on any atom is -0.493 e. The van der Waals surface area contributed by atoms with E-state index < -0.39 is 5.41 Å². The standard InChI is InChI=1S/C17H29NO2.C10H13NOS.C7H12O2.C2H6.CH2O2/c1-18-13-9-7-5-4-6-8-10-15-11-12-16(19-2)17(14-15)20-3;1-13-8-7-10(12)11-9-5-3-2-4-6-9;1-4-7(2,3)6(9)5-8;1-2;2-1-3/h11-12,14,18H,4-10,13H2,1-3H3;2-6H,7-8H2,1H3,(H,11,12);5H,4H2,1-3H3;1-2H3;1H,(H,2,3). The Labute approximate surface area is 289 Å². The van der Waals surface area contributed by atoms with Crippen LogP contribution in [0.15, 0.2) is 48.5 Å². The minimum atomic E-state index is -0.457. The van der Waals surface area contributed by atoms with Gasteiger partial charge in [-0.05, 0) is 75.4 Å². The van der Waals surface area contributed by atoms with Gasteiger partial charge in [0.15, 0.2) is 17.8 Å². The van der Waals surface area contributed by atoms with Gasteiger partial charge in [-0.25, -0.2) is 0 Å². The smallest absolute Gasteiger partial charge is 0.290 e. The first-order valence-electron chi connectivity index (χ1n) is 16.4. The number of ether oxygens (including phenoxy) is 2. The monoisotopic (exact) mass is 678 g/mol. The Kier molecular flexibility index (Phi) is 34.7. The number of anilines is 1. The molecule has 9 nitrogen and oxygen atoms in total. The zero-order chi connectivity index (χ0) is 36.3. The number of methoxy groups -OCH3 is 2. The molecule has 268 valence electrons. The molecule has 0 heterocycles. The van der Waals surface area contributed by atoms with E-state index in [1.165, 1.54) is 44.1 Å². The third kappa shape index (κ3) is 27.5. The van der Waals surface area contributed by atoms with Crippen LogP contribution in [0.1, 0.15) is 91.5 Å². The SMILES string of the molecule is CC.CCC(C)(C)C(=O)C=O.CNCCCCCCCCc1ccc(OC)c(OC)c1.CSCCC(=O)Nc1ccccc1.O=CO. The fourth-order valence-corrected chi connectivity index (χ4v) is 4.04. The van der Waals surface area contributed by atoms with Crippen molar-refractivity contribution in [1.82, 2.24) is 5.32 Å². The van der Waals surface area contributed by atoms with E-state index in [0.29, 0.717) is 19.1 Å². The number of hydrogen-bond donors (Lipinski definition) is 3. The number of carbonyl (C=O) groups is 4. The van der Waals surface area contributed by atoms with Crippen LogP contribution in [0.2, 0.25) is 0 Å². The Morgan fingerprint density at radius 1 is 0.894 bits per heavy atom. The number of rotatable bonds is 18. The van der Waals surface area contributed by atoms with Gasteiger partial charge in [0.1, 0.15) is 0 Å². The van der Waals surface area contributed by atoms with Gasteiger partial charge in [-0.1, -0.05) is 84.6 Å². The second kappa shape index (κ2) is 34.0. The molecule has 10 heteroatoms. The van der Waals surface area contributed by atoms with Gasteiger partial charge in [-0.2, -0.15) is 11.8 Å². The Balaban J connectivity index is -0.000000617. The molecule has 0 aliphatic heterocycles. The lowest BCUT2D eigenvalue weighted by Gasteiger charge is -2.15. The second-order valence-corrected chi connectivity index (χ2v) is 11.6. The lowest BCUT2D eigenvalue weighted by Crippen LogP contribution is -2.23. The van der Waals surface area contributed by atoms with Gasteiger partial charge in [0.05, 0.1) is 14.2 Å². The maximum atomic E-state index is 11.2. The molecular formula is C37H62N2O7S. The maximum Gasteiger partial charge on any atom is 0.290 e. The van der Waals surface area contributed by atoms with Crippen LogP contribution < -0.4 is 20.1 Å². The minimum absolute atomic E-state index is 0.0838. The maximum absolute atomic E-state index is 11.2. The molecule has 0 aromatic heterocycles. The van der Waals surface area contributed by atoms with E-state index in [0.717, 1.165) is 35.9 Å². The highest BCUT2D eigenvalue weighted by molar-refractivity contribution is 7.98. The summed E-state index contributed by atoms with van der Waals surface area (Å²) in [5.41, 5.74) is 1.74. The van der Waals surface area contributed by atoms with Crippen molar-refractivity contribution in [2.45, 2.75) is 92.4 Å². The van der Waals surface area contributed by atoms with E-state index >= 15 is 0 Å². The number of hydrogen-bond acceptors (Lipinski definition) is 8. The number of thioether (sulfide) groups is 1. The molecule has 3 N–H and O–H groups in total. The molecule has 0 spiro atoms. The molecule has 2 aromatic rings. The normalized spacial score (nSPS) is 9.64. The van der Waals surface area contributed by atoms with Crippen molar-refractivity contribution in [3.05, 3.63) is 54.1 Å². The highest BCUT2D eigenvalue weighted by Crippen LogP contribution is 2.28.